The summed E-state index contributed by atoms with van der Waals surface area (Å²) in [5.41, 5.74) is 0.955. The first kappa shape index (κ1) is 9.09. The Labute approximate surface area is 86.7 Å². The van der Waals surface area contributed by atoms with E-state index in [-0.39, 0.29) is 0 Å². The third kappa shape index (κ3) is 1.72. The first-order valence-electron chi connectivity index (χ1n) is 4.14. The topological polar surface area (TPSA) is 37.9 Å². The maximum absolute atomic E-state index is 5.73. The molecule has 0 amide bonds. The highest BCUT2D eigenvalue weighted by molar-refractivity contribution is 6.29. The van der Waals surface area contributed by atoms with Crippen LogP contribution in [0.3, 0.4) is 0 Å². The van der Waals surface area contributed by atoms with Crippen LogP contribution in [0.4, 0.5) is 0 Å². The number of hydrogen-bond donors (Lipinski definition) is 1. The summed E-state index contributed by atoms with van der Waals surface area (Å²) in [7, 11) is 1.63. The highest BCUT2D eigenvalue weighted by atomic mass is 35.5. The summed E-state index contributed by atoms with van der Waals surface area (Å²) in [5.74, 6) is 1.55. The van der Waals surface area contributed by atoms with Crippen LogP contribution in [0, 0.1) is 0 Å². The zero-order valence-electron chi connectivity index (χ0n) is 7.62. The van der Waals surface area contributed by atoms with Crippen molar-refractivity contribution >= 4 is 11.6 Å². The number of H-pyrrole nitrogens is 1. The molecule has 0 radical (unpaired) electrons. The fourth-order valence-electron chi connectivity index (χ4n) is 1.22. The van der Waals surface area contributed by atoms with E-state index in [1.165, 1.54) is 0 Å². The van der Waals surface area contributed by atoms with Gasteiger partial charge in [0.1, 0.15) is 16.7 Å². The van der Waals surface area contributed by atoms with Gasteiger partial charge in [-0.3, -0.25) is 0 Å². The van der Waals surface area contributed by atoms with E-state index in [9.17, 15) is 0 Å². The summed E-state index contributed by atoms with van der Waals surface area (Å²) in [4.78, 5) is 7.06. The summed E-state index contributed by atoms with van der Waals surface area (Å²) in [6.45, 7) is 0. The number of aromatic amines is 1. The second-order valence-electron chi connectivity index (χ2n) is 2.81. The first-order chi connectivity index (χ1) is 6.79. The van der Waals surface area contributed by atoms with Crippen molar-refractivity contribution in [3.05, 3.63) is 35.6 Å². The third-order valence-corrected chi connectivity index (χ3v) is 2.08. The molecule has 0 aliphatic rings. The first-order valence-corrected chi connectivity index (χ1v) is 4.52. The Morgan fingerprint density at radius 2 is 2.29 bits per heavy atom. The number of methoxy groups -OCH3 is 1. The van der Waals surface area contributed by atoms with Gasteiger partial charge in [-0.25, -0.2) is 4.98 Å². The van der Waals surface area contributed by atoms with Crippen LogP contribution >= 0.6 is 11.6 Å². The molecule has 0 unspecified atom stereocenters. The number of imidazole rings is 1. The molecule has 0 aliphatic heterocycles. The van der Waals surface area contributed by atoms with Crippen LogP contribution in [0.25, 0.3) is 11.4 Å². The van der Waals surface area contributed by atoms with Gasteiger partial charge >= 0.3 is 0 Å². The smallest absolute Gasteiger partial charge is 0.138 e. The molecule has 2 aromatic rings. The monoisotopic (exact) mass is 208 g/mol. The molecule has 4 heteroatoms. The average Bonchev–Trinajstić information content (AvgIpc) is 2.65. The molecule has 2 rings (SSSR count). The Hall–Kier alpha value is -1.48. The second-order valence-corrected chi connectivity index (χ2v) is 3.22. The predicted octanol–water partition coefficient (Wildman–Crippen LogP) is 2.74. The fourth-order valence-corrected chi connectivity index (χ4v) is 1.35. The van der Waals surface area contributed by atoms with Crippen molar-refractivity contribution in [2.24, 2.45) is 0 Å². The van der Waals surface area contributed by atoms with E-state index in [0.717, 1.165) is 17.1 Å². The molecule has 0 fully saturated rings. The van der Waals surface area contributed by atoms with Gasteiger partial charge in [-0.2, -0.15) is 0 Å². The standard InChI is InChI=1S/C10H9ClN2O/c1-14-8-4-2-3-7(5-8)10-12-6-9(11)13-10/h2-6H,1H3,(H,12,13). The second kappa shape index (κ2) is 3.72. The van der Waals surface area contributed by atoms with Crippen molar-refractivity contribution in [3.63, 3.8) is 0 Å². The van der Waals surface area contributed by atoms with Gasteiger partial charge in [0, 0.05) is 5.56 Å². The molecule has 0 spiro atoms. The van der Waals surface area contributed by atoms with E-state index in [4.69, 9.17) is 16.3 Å². The SMILES string of the molecule is COc1cccc(-c2ncc(Cl)[nH]2)c1. The van der Waals surface area contributed by atoms with E-state index >= 15 is 0 Å². The van der Waals surface area contributed by atoms with Crippen LogP contribution in [0.2, 0.25) is 5.15 Å². The molecule has 72 valence electrons. The molecule has 1 aromatic carbocycles. The molecule has 0 saturated carbocycles. The predicted molar refractivity (Wildman–Crippen MR) is 55.6 cm³/mol. The summed E-state index contributed by atoms with van der Waals surface area (Å²) < 4.78 is 5.11. The van der Waals surface area contributed by atoms with E-state index in [0.29, 0.717) is 5.15 Å². The van der Waals surface area contributed by atoms with Crippen molar-refractivity contribution in [2.75, 3.05) is 7.11 Å². The number of rotatable bonds is 2. The largest absolute Gasteiger partial charge is 0.497 e. The van der Waals surface area contributed by atoms with Crippen LogP contribution in [0.1, 0.15) is 0 Å². The number of nitrogens with one attached hydrogen (secondary N) is 1. The molecule has 1 N–H and O–H groups in total. The van der Waals surface area contributed by atoms with Crippen LogP contribution in [0.15, 0.2) is 30.5 Å². The minimum atomic E-state index is 0.530. The Bertz CT molecular complexity index is 439. The zero-order valence-corrected chi connectivity index (χ0v) is 8.38. The fraction of sp³-hybridized carbons (Fsp3) is 0.100. The molecule has 3 nitrogen and oxygen atoms in total. The van der Waals surface area contributed by atoms with Gasteiger partial charge in [0.15, 0.2) is 0 Å². The van der Waals surface area contributed by atoms with Crippen molar-refractivity contribution in [3.8, 4) is 17.1 Å². The van der Waals surface area contributed by atoms with E-state index in [1.54, 1.807) is 13.3 Å². The van der Waals surface area contributed by atoms with Gasteiger partial charge in [-0.1, -0.05) is 23.7 Å². The van der Waals surface area contributed by atoms with Crippen molar-refractivity contribution in [1.29, 1.82) is 0 Å². The number of nitrogens with zero attached hydrogens (tertiary/aromatic N) is 1. The minimum absolute atomic E-state index is 0.530. The summed E-state index contributed by atoms with van der Waals surface area (Å²) in [6, 6.07) is 7.63. The van der Waals surface area contributed by atoms with Crippen molar-refractivity contribution in [2.45, 2.75) is 0 Å². The maximum atomic E-state index is 5.73. The third-order valence-electron chi connectivity index (χ3n) is 1.89. The molecule has 0 atom stereocenters. The summed E-state index contributed by atoms with van der Waals surface area (Å²) in [6.07, 6.45) is 1.58. The lowest BCUT2D eigenvalue weighted by Crippen LogP contribution is -1.84. The van der Waals surface area contributed by atoms with Gasteiger partial charge < -0.3 is 9.72 Å². The van der Waals surface area contributed by atoms with Crippen LogP contribution < -0.4 is 4.74 Å². The summed E-state index contributed by atoms with van der Waals surface area (Å²) >= 11 is 5.73. The lowest BCUT2D eigenvalue weighted by Gasteiger charge is -2.01. The van der Waals surface area contributed by atoms with Gasteiger partial charge in [-0.15, -0.1) is 0 Å². The normalized spacial score (nSPS) is 10.1. The zero-order chi connectivity index (χ0) is 9.97. The highest BCUT2D eigenvalue weighted by Gasteiger charge is 2.02. The molecule has 0 saturated heterocycles. The van der Waals surface area contributed by atoms with Crippen LogP contribution in [-0.4, -0.2) is 17.1 Å². The number of hydrogen-bond acceptors (Lipinski definition) is 2. The maximum Gasteiger partial charge on any atom is 0.138 e. The lowest BCUT2D eigenvalue weighted by molar-refractivity contribution is 0.415. The lowest BCUT2D eigenvalue weighted by atomic mass is 10.2. The van der Waals surface area contributed by atoms with Gasteiger partial charge in [-0.05, 0) is 12.1 Å². The quantitative estimate of drug-likeness (QED) is 0.824. The molecule has 0 aliphatic carbocycles. The van der Waals surface area contributed by atoms with Gasteiger partial charge in [0.25, 0.3) is 0 Å². The van der Waals surface area contributed by atoms with E-state index < -0.39 is 0 Å². The molecule has 1 aromatic heterocycles. The van der Waals surface area contributed by atoms with Gasteiger partial charge in [0.05, 0.1) is 13.3 Å². The number of aromatic nitrogens is 2. The van der Waals surface area contributed by atoms with E-state index in [2.05, 4.69) is 9.97 Å². The number of benzene rings is 1. The Morgan fingerprint density at radius 3 is 2.93 bits per heavy atom. The molecular weight excluding hydrogens is 200 g/mol. The van der Waals surface area contributed by atoms with Crippen molar-refractivity contribution in [1.82, 2.24) is 9.97 Å². The number of ether oxygens (including phenoxy) is 1. The Morgan fingerprint density at radius 1 is 1.43 bits per heavy atom. The Kier molecular flexibility index (Phi) is 2.41. The van der Waals surface area contributed by atoms with Crippen LogP contribution in [0.5, 0.6) is 5.75 Å². The van der Waals surface area contributed by atoms with E-state index in [1.807, 2.05) is 24.3 Å². The molecule has 0 bridgehead atoms. The molecular formula is C10H9ClN2O. The average molecular weight is 209 g/mol. The highest BCUT2D eigenvalue weighted by Crippen LogP contribution is 2.21. The van der Waals surface area contributed by atoms with Crippen molar-refractivity contribution < 1.29 is 4.74 Å². The minimum Gasteiger partial charge on any atom is -0.497 e. The van der Waals surface area contributed by atoms with Crippen LogP contribution in [-0.2, 0) is 0 Å². The molecule has 1 heterocycles. The summed E-state index contributed by atoms with van der Waals surface area (Å²) in [5, 5.41) is 0.530. The molecule has 14 heavy (non-hydrogen) atoms. The van der Waals surface area contributed by atoms with Gasteiger partial charge in [0.2, 0.25) is 0 Å². The Balaban J connectivity index is 2.41. The number of halogens is 1.